The zero-order valence-electron chi connectivity index (χ0n) is 21.5. The number of aromatic nitrogens is 4. The van der Waals surface area contributed by atoms with Gasteiger partial charge in [0.1, 0.15) is 6.04 Å². The number of carbonyl (C=O) groups excluding carboxylic acids is 1. The molecule has 1 aliphatic heterocycles. The van der Waals surface area contributed by atoms with Gasteiger partial charge in [-0.15, -0.1) is 23.4 Å². The van der Waals surface area contributed by atoms with Crippen molar-refractivity contribution in [1.29, 1.82) is 0 Å². The minimum atomic E-state index is -0.676. The van der Waals surface area contributed by atoms with Gasteiger partial charge in [0.05, 0.1) is 35.5 Å². The molecule has 4 rings (SSSR count). The Morgan fingerprint density at radius 1 is 1.22 bits per heavy atom. The molecule has 8 nitrogen and oxygen atoms in total. The smallest absolute Gasteiger partial charge is 0.329 e. The first kappa shape index (κ1) is 26.6. The second-order valence-electron chi connectivity index (χ2n) is 9.32. The molecule has 0 radical (unpaired) electrons. The van der Waals surface area contributed by atoms with Crippen molar-refractivity contribution in [1.82, 2.24) is 19.6 Å². The molecule has 1 N–H and O–H groups in total. The summed E-state index contributed by atoms with van der Waals surface area (Å²) in [6, 6.07) is 9.60. The predicted octanol–water partition coefficient (Wildman–Crippen LogP) is 3.68. The SMILES string of the molecule is COC(=O)C1N(CCCO)c2ccccc2C1(C)c1c(CSCc2cc(CCl)n(C)n2)nn(C)c1C. The number of hydrogen-bond acceptors (Lipinski definition) is 7. The fraction of sp³-hybridized carbons (Fsp3) is 0.500. The fourth-order valence-electron chi connectivity index (χ4n) is 5.47. The van der Waals surface area contributed by atoms with E-state index in [9.17, 15) is 9.90 Å². The predicted molar refractivity (Wildman–Crippen MR) is 143 cm³/mol. The Labute approximate surface area is 221 Å². The Kier molecular flexibility index (Phi) is 8.02. The van der Waals surface area contributed by atoms with Crippen molar-refractivity contribution in [2.24, 2.45) is 14.1 Å². The number of benzene rings is 1. The number of nitrogens with zero attached hydrogens (tertiary/aromatic N) is 5. The van der Waals surface area contributed by atoms with E-state index in [4.69, 9.17) is 21.4 Å². The van der Waals surface area contributed by atoms with Gasteiger partial charge in [-0.1, -0.05) is 18.2 Å². The van der Waals surface area contributed by atoms with Crippen LogP contribution in [0.15, 0.2) is 30.3 Å². The third-order valence-corrected chi connectivity index (χ3v) is 8.44. The van der Waals surface area contributed by atoms with Crippen LogP contribution in [0.25, 0.3) is 0 Å². The lowest BCUT2D eigenvalue weighted by atomic mass is 9.71. The molecule has 0 saturated carbocycles. The number of carbonyl (C=O) groups is 1. The Hall–Kier alpha value is -2.49. The zero-order valence-corrected chi connectivity index (χ0v) is 23.1. The maximum atomic E-state index is 13.4. The minimum Gasteiger partial charge on any atom is -0.467 e. The molecule has 0 saturated heterocycles. The molecule has 3 heterocycles. The van der Waals surface area contributed by atoms with Crippen LogP contribution in [-0.4, -0.2) is 56.9 Å². The Morgan fingerprint density at radius 2 is 1.97 bits per heavy atom. The summed E-state index contributed by atoms with van der Waals surface area (Å²) in [7, 11) is 5.28. The third kappa shape index (κ3) is 4.53. The molecule has 36 heavy (non-hydrogen) atoms. The second kappa shape index (κ2) is 10.9. The van der Waals surface area contributed by atoms with Crippen LogP contribution in [0.1, 0.15) is 47.2 Å². The molecule has 0 aliphatic carbocycles. The Bertz CT molecular complexity index is 1240. The first-order valence-corrected chi connectivity index (χ1v) is 13.7. The molecule has 0 amide bonds. The first-order valence-electron chi connectivity index (χ1n) is 12.0. The van der Waals surface area contributed by atoms with Gasteiger partial charge in [0.25, 0.3) is 0 Å². The molecule has 2 atom stereocenters. The van der Waals surface area contributed by atoms with Crippen molar-refractivity contribution >= 4 is 35.0 Å². The van der Waals surface area contributed by atoms with Crippen molar-refractivity contribution < 1.29 is 14.6 Å². The highest BCUT2D eigenvalue weighted by molar-refractivity contribution is 7.97. The zero-order chi connectivity index (χ0) is 26.0. The van der Waals surface area contributed by atoms with Crippen LogP contribution in [0.4, 0.5) is 5.69 Å². The van der Waals surface area contributed by atoms with Crippen LogP contribution < -0.4 is 4.90 Å². The van der Waals surface area contributed by atoms with Gasteiger partial charge in [-0.2, -0.15) is 10.2 Å². The Morgan fingerprint density at radius 3 is 2.64 bits per heavy atom. The van der Waals surface area contributed by atoms with Crippen LogP contribution >= 0.6 is 23.4 Å². The number of esters is 1. The number of fused-ring (bicyclic) bond motifs is 1. The van der Waals surface area contributed by atoms with E-state index < -0.39 is 11.5 Å². The second-order valence-corrected chi connectivity index (χ2v) is 10.6. The average Bonchev–Trinajstić information content (AvgIpc) is 3.46. The average molecular weight is 532 g/mol. The summed E-state index contributed by atoms with van der Waals surface area (Å²) in [4.78, 5) is 15.4. The molecular weight excluding hydrogens is 498 g/mol. The van der Waals surface area contributed by atoms with Crippen molar-refractivity contribution in [2.75, 3.05) is 25.2 Å². The van der Waals surface area contributed by atoms with Crippen LogP contribution in [-0.2, 0) is 46.4 Å². The highest BCUT2D eigenvalue weighted by Gasteiger charge is 2.55. The quantitative estimate of drug-likeness (QED) is 0.315. The number of halogens is 1. The van der Waals surface area contributed by atoms with E-state index in [2.05, 4.69) is 29.9 Å². The van der Waals surface area contributed by atoms with Crippen molar-refractivity contribution in [3.8, 4) is 0 Å². The largest absolute Gasteiger partial charge is 0.467 e. The van der Waals surface area contributed by atoms with Gasteiger partial charge in [0, 0.05) is 55.7 Å². The van der Waals surface area contributed by atoms with E-state index in [1.54, 1.807) is 11.8 Å². The van der Waals surface area contributed by atoms with E-state index in [0.29, 0.717) is 24.6 Å². The lowest BCUT2D eigenvalue weighted by Crippen LogP contribution is -2.50. The van der Waals surface area contributed by atoms with E-state index in [0.717, 1.165) is 45.3 Å². The number of aliphatic hydroxyl groups is 1. The lowest BCUT2D eigenvalue weighted by molar-refractivity contribution is -0.143. The highest BCUT2D eigenvalue weighted by atomic mass is 35.5. The van der Waals surface area contributed by atoms with Crippen LogP contribution in [0, 0.1) is 6.92 Å². The van der Waals surface area contributed by atoms with Gasteiger partial charge < -0.3 is 14.7 Å². The van der Waals surface area contributed by atoms with Gasteiger partial charge >= 0.3 is 5.97 Å². The number of alkyl halides is 1. The molecule has 0 spiro atoms. The van der Waals surface area contributed by atoms with Crippen molar-refractivity contribution in [3.63, 3.8) is 0 Å². The van der Waals surface area contributed by atoms with E-state index in [1.165, 1.54) is 7.11 Å². The van der Waals surface area contributed by atoms with Crippen molar-refractivity contribution in [3.05, 3.63) is 64.2 Å². The fourth-order valence-corrected chi connectivity index (χ4v) is 6.57. The van der Waals surface area contributed by atoms with Gasteiger partial charge in [-0.3, -0.25) is 9.36 Å². The standard InChI is InChI=1S/C26H34ClN5O3S/c1-17-23(21(29-30(17)3)16-36-15-18-13-19(14-27)31(4)28-18)26(2)20-9-6-7-10-22(20)32(11-8-12-33)24(26)25(34)35-5/h6-7,9-10,13,24,33H,8,11-12,14-16H2,1-5H3. The summed E-state index contributed by atoms with van der Waals surface area (Å²) in [5.41, 5.74) is 6.36. The molecule has 3 aromatic rings. The number of methoxy groups -OCH3 is 1. The van der Waals surface area contributed by atoms with Crippen LogP contribution in [0.2, 0.25) is 0 Å². The maximum Gasteiger partial charge on any atom is 0.329 e. The monoisotopic (exact) mass is 531 g/mol. The number of hydrogen-bond donors (Lipinski definition) is 1. The molecular formula is C26H34ClN5O3S. The highest BCUT2D eigenvalue weighted by Crippen LogP contribution is 2.51. The third-order valence-electron chi connectivity index (χ3n) is 7.19. The van der Waals surface area contributed by atoms with E-state index in [-0.39, 0.29) is 12.6 Å². The minimum absolute atomic E-state index is 0.0516. The number of aliphatic hydroxyl groups excluding tert-OH is 1. The van der Waals surface area contributed by atoms with Gasteiger partial charge in [-0.05, 0) is 38.0 Å². The number of aryl methyl sites for hydroxylation is 2. The summed E-state index contributed by atoms with van der Waals surface area (Å²) in [6.07, 6.45) is 0.557. The van der Waals surface area contributed by atoms with Crippen LogP contribution in [0.3, 0.4) is 0 Å². The summed E-state index contributed by atoms with van der Waals surface area (Å²) in [5.74, 6) is 1.54. The topological polar surface area (TPSA) is 85.4 Å². The first-order chi connectivity index (χ1) is 17.3. The number of para-hydroxylation sites is 1. The lowest BCUT2D eigenvalue weighted by Gasteiger charge is -2.35. The molecule has 1 aromatic carbocycles. The van der Waals surface area contributed by atoms with Gasteiger partial charge in [-0.25, -0.2) is 4.79 Å². The van der Waals surface area contributed by atoms with Crippen LogP contribution in [0.5, 0.6) is 0 Å². The molecule has 1 aliphatic rings. The number of anilines is 1. The molecule has 0 fully saturated rings. The summed E-state index contributed by atoms with van der Waals surface area (Å²) >= 11 is 7.74. The molecule has 2 aromatic heterocycles. The normalized spacial score (nSPS) is 19.1. The van der Waals surface area contributed by atoms with Gasteiger partial charge in [0.2, 0.25) is 0 Å². The van der Waals surface area contributed by atoms with Crippen molar-refractivity contribution in [2.45, 2.75) is 49.1 Å². The molecule has 194 valence electrons. The Balaban J connectivity index is 1.74. The number of thioether (sulfide) groups is 1. The number of ether oxygens (including phenoxy) is 1. The molecule has 0 bridgehead atoms. The molecule has 2 unspecified atom stereocenters. The summed E-state index contributed by atoms with van der Waals surface area (Å²) in [5, 5.41) is 19.0. The number of rotatable bonds is 10. The van der Waals surface area contributed by atoms with Gasteiger partial charge in [0.15, 0.2) is 0 Å². The maximum absolute atomic E-state index is 13.4. The van der Waals surface area contributed by atoms with E-state index >= 15 is 0 Å². The summed E-state index contributed by atoms with van der Waals surface area (Å²) < 4.78 is 9.06. The molecule has 10 heteroatoms. The van der Waals surface area contributed by atoms with E-state index in [1.807, 2.05) is 47.7 Å². The summed E-state index contributed by atoms with van der Waals surface area (Å²) in [6.45, 7) is 4.78.